The number of carboxylic acids is 1. The highest BCUT2D eigenvalue weighted by Crippen LogP contribution is 2.44. The van der Waals surface area contributed by atoms with Gasteiger partial charge >= 0.3 is 12.1 Å². The minimum atomic E-state index is -0.856. The molecule has 0 aromatic heterocycles. The molecule has 4 aromatic rings. The van der Waals surface area contributed by atoms with Gasteiger partial charge in [-0.3, -0.25) is 9.69 Å². The van der Waals surface area contributed by atoms with Crippen molar-refractivity contribution in [3.05, 3.63) is 114 Å². The third kappa shape index (κ3) is 5.94. The van der Waals surface area contributed by atoms with Gasteiger partial charge in [0, 0.05) is 29.7 Å². The molecule has 1 N–H and O–H groups in total. The first-order chi connectivity index (χ1) is 19.5. The van der Waals surface area contributed by atoms with Gasteiger partial charge in [-0.1, -0.05) is 66.7 Å². The molecule has 0 spiro atoms. The molecule has 0 aliphatic heterocycles. The second-order valence-corrected chi connectivity index (χ2v) is 9.55. The summed E-state index contributed by atoms with van der Waals surface area (Å²) in [7, 11) is 1.56. The highest BCUT2D eigenvalue weighted by Gasteiger charge is 2.30. The van der Waals surface area contributed by atoms with Crippen molar-refractivity contribution in [3.63, 3.8) is 0 Å². The van der Waals surface area contributed by atoms with Crippen LogP contribution in [0.15, 0.2) is 97.1 Å². The summed E-state index contributed by atoms with van der Waals surface area (Å²) in [4.78, 5) is 26.0. The molecule has 4 aromatic carbocycles. The van der Waals surface area contributed by atoms with Gasteiger partial charge in [-0.15, -0.1) is 0 Å². The lowest BCUT2D eigenvalue weighted by Crippen LogP contribution is -2.32. The number of methoxy groups -OCH3 is 1. The summed E-state index contributed by atoms with van der Waals surface area (Å²) in [6, 6.07) is 31.3. The fourth-order valence-corrected chi connectivity index (χ4v) is 5.07. The van der Waals surface area contributed by atoms with Crippen LogP contribution in [0.3, 0.4) is 0 Å². The van der Waals surface area contributed by atoms with Crippen LogP contribution in [-0.2, 0) is 16.1 Å². The highest BCUT2D eigenvalue weighted by molar-refractivity contribution is 5.88. The number of ether oxygens (including phenoxy) is 3. The van der Waals surface area contributed by atoms with E-state index in [0.717, 1.165) is 16.7 Å². The number of nitrogens with zero attached hydrogens (tertiary/aromatic N) is 1. The number of fused-ring (bicyclic) bond motifs is 3. The Labute approximate surface area is 233 Å². The molecular formula is C33H31NO6. The first kappa shape index (κ1) is 26.8. The van der Waals surface area contributed by atoms with E-state index in [1.807, 2.05) is 60.7 Å². The van der Waals surface area contributed by atoms with E-state index >= 15 is 0 Å². The molecule has 1 amide bonds. The zero-order chi connectivity index (χ0) is 27.9. The normalized spacial score (nSPS) is 11.8. The van der Waals surface area contributed by atoms with E-state index < -0.39 is 12.1 Å². The van der Waals surface area contributed by atoms with Crippen molar-refractivity contribution in [2.45, 2.75) is 25.3 Å². The lowest BCUT2D eigenvalue weighted by molar-refractivity contribution is -0.137. The summed E-state index contributed by atoms with van der Waals surface area (Å²) in [5.74, 6) is 0.230. The van der Waals surface area contributed by atoms with Crippen LogP contribution in [0.2, 0.25) is 0 Å². The number of carbonyl (C=O) groups is 2. The first-order valence-corrected chi connectivity index (χ1v) is 13.2. The fraction of sp³-hybridized carbons (Fsp3) is 0.212. The highest BCUT2D eigenvalue weighted by atomic mass is 16.6. The molecule has 0 bridgehead atoms. The molecule has 0 fully saturated rings. The molecule has 0 saturated heterocycles. The van der Waals surface area contributed by atoms with Crippen LogP contribution < -0.4 is 14.4 Å². The van der Waals surface area contributed by atoms with Gasteiger partial charge in [-0.05, 0) is 52.9 Å². The molecule has 204 valence electrons. The van der Waals surface area contributed by atoms with Gasteiger partial charge in [0.25, 0.3) is 0 Å². The van der Waals surface area contributed by atoms with Crippen LogP contribution >= 0.6 is 0 Å². The SMILES string of the molecule is COc1cc(OCCCC(=O)O)ccc1CN(C(=O)OCC1c2ccccc2-c2ccccc21)c1ccccc1. The average Bonchev–Trinajstić information content (AvgIpc) is 3.31. The second-order valence-electron chi connectivity index (χ2n) is 9.55. The Kier molecular flexibility index (Phi) is 8.30. The lowest BCUT2D eigenvalue weighted by Gasteiger charge is -2.25. The van der Waals surface area contributed by atoms with E-state index in [9.17, 15) is 9.59 Å². The topological polar surface area (TPSA) is 85.3 Å². The monoisotopic (exact) mass is 537 g/mol. The second kappa shape index (κ2) is 12.4. The molecule has 0 heterocycles. The van der Waals surface area contributed by atoms with Gasteiger partial charge in [-0.2, -0.15) is 0 Å². The van der Waals surface area contributed by atoms with Gasteiger partial charge in [-0.25, -0.2) is 4.79 Å². The molecule has 1 aliphatic carbocycles. The zero-order valence-electron chi connectivity index (χ0n) is 22.3. The Bertz CT molecular complexity index is 1440. The number of anilines is 1. The lowest BCUT2D eigenvalue weighted by atomic mass is 9.98. The number of hydrogen-bond acceptors (Lipinski definition) is 5. The molecule has 5 rings (SSSR count). The Morgan fingerprint density at radius 3 is 2.15 bits per heavy atom. The summed E-state index contributed by atoms with van der Waals surface area (Å²) in [5.41, 5.74) is 6.14. The van der Waals surface area contributed by atoms with Crippen LogP contribution in [0.4, 0.5) is 10.5 Å². The van der Waals surface area contributed by atoms with Crippen LogP contribution in [0, 0.1) is 0 Å². The Hall–Kier alpha value is -4.78. The molecule has 0 saturated carbocycles. The van der Waals surface area contributed by atoms with Crippen LogP contribution in [0.5, 0.6) is 11.5 Å². The van der Waals surface area contributed by atoms with Crippen molar-refractivity contribution >= 4 is 17.7 Å². The third-order valence-electron chi connectivity index (χ3n) is 7.02. The van der Waals surface area contributed by atoms with Crippen LogP contribution in [0.25, 0.3) is 11.1 Å². The van der Waals surface area contributed by atoms with Gasteiger partial charge in [0.2, 0.25) is 0 Å². The van der Waals surface area contributed by atoms with Crippen molar-refractivity contribution < 1.29 is 28.9 Å². The number of carboxylic acid groups (broad SMARTS) is 1. The third-order valence-corrected chi connectivity index (χ3v) is 7.02. The van der Waals surface area contributed by atoms with E-state index in [1.165, 1.54) is 11.1 Å². The van der Waals surface area contributed by atoms with Gasteiger partial charge < -0.3 is 19.3 Å². The maximum Gasteiger partial charge on any atom is 0.414 e. The minimum Gasteiger partial charge on any atom is -0.496 e. The number of para-hydroxylation sites is 1. The van der Waals surface area contributed by atoms with E-state index in [1.54, 1.807) is 24.1 Å². The Morgan fingerprint density at radius 2 is 1.50 bits per heavy atom. The molecular weight excluding hydrogens is 506 g/mol. The van der Waals surface area contributed by atoms with E-state index in [2.05, 4.69) is 24.3 Å². The Balaban J connectivity index is 1.33. The standard InChI is InChI=1S/C33H31NO6/c1-38-31-20-25(39-19-9-16-32(35)36)18-17-23(31)21-34(24-10-3-2-4-11-24)33(37)40-22-30-28-14-7-5-12-26(28)27-13-6-8-15-29(27)30/h2-8,10-15,17-18,20,30H,9,16,19,21-22H2,1H3,(H,35,36). The smallest absolute Gasteiger partial charge is 0.414 e. The van der Waals surface area contributed by atoms with E-state index in [4.69, 9.17) is 19.3 Å². The number of rotatable bonds is 11. The van der Waals surface area contributed by atoms with Crippen molar-refractivity contribution in [2.24, 2.45) is 0 Å². The maximum absolute atomic E-state index is 13.6. The largest absolute Gasteiger partial charge is 0.496 e. The molecule has 1 aliphatic rings. The molecule has 0 atom stereocenters. The first-order valence-electron chi connectivity index (χ1n) is 13.2. The summed E-state index contributed by atoms with van der Waals surface area (Å²) in [6.45, 7) is 0.726. The van der Waals surface area contributed by atoms with Crippen LogP contribution in [-0.4, -0.2) is 37.5 Å². The molecule has 0 radical (unpaired) electrons. The summed E-state index contributed by atoms with van der Waals surface area (Å²) < 4.78 is 17.3. The van der Waals surface area contributed by atoms with Gasteiger partial charge in [0.1, 0.15) is 18.1 Å². The van der Waals surface area contributed by atoms with Crippen LogP contribution in [0.1, 0.15) is 35.4 Å². The number of benzene rings is 4. The predicted molar refractivity (Wildman–Crippen MR) is 153 cm³/mol. The van der Waals surface area contributed by atoms with Gasteiger partial charge in [0.05, 0.1) is 20.3 Å². The molecule has 40 heavy (non-hydrogen) atoms. The number of hydrogen-bond donors (Lipinski definition) is 1. The van der Waals surface area contributed by atoms with Crippen molar-refractivity contribution in [2.75, 3.05) is 25.2 Å². The van der Waals surface area contributed by atoms with Gasteiger partial charge in [0.15, 0.2) is 0 Å². The van der Waals surface area contributed by atoms with E-state index in [-0.39, 0.29) is 32.1 Å². The number of amides is 1. The average molecular weight is 538 g/mol. The summed E-state index contributed by atoms with van der Waals surface area (Å²) >= 11 is 0. The molecule has 0 unspecified atom stereocenters. The quantitative estimate of drug-likeness (QED) is 0.210. The summed E-state index contributed by atoms with van der Waals surface area (Å²) in [6.07, 6.45) is -0.00575. The fourth-order valence-electron chi connectivity index (χ4n) is 5.07. The predicted octanol–water partition coefficient (Wildman–Crippen LogP) is 6.89. The maximum atomic E-state index is 13.6. The van der Waals surface area contributed by atoms with E-state index in [0.29, 0.717) is 23.6 Å². The number of aliphatic carboxylic acids is 1. The van der Waals surface area contributed by atoms with Crippen molar-refractivity contribution in [1.82, 2.24) is 0 Å². The van der Waals surface area contributed by atoms with Crippen molar-refractivity contribution in [1.29, 1.82) is 0 Å². The number of carbonyl (C=O) groups excluding carboxylic acids is 1. The zero-order valence-corrected chi connectivity index (χ0v) is 22.3. The minimum absolute atomic E-state index is 0.0407. The van der Waals surface area contributed by atoms with Crippen molar-refractivity contribution in [3.8, 4) is 22.6 Å². The molecule has 7 heteroatoms. The Morgan fingerprint density at radius 1 is 0.850 bits per heavy atom. The summed E-state index contributed by atoms with van der Waals surface area (Å²) in [5, 5.41) is 8.82. The molecule has 7 nitrogen and oxygen atoms in total.